The van der Waals surface area contributed by atoms with Crippen LogP contribution in [0.15, 0.2) is 0 Å². The molecule has 0 amide bonds. The predicted molar refractivity (Wildman–Crippen MR) is 96.3 cm³/mol. The van der Waals surface area contributed by atoms with Crippen LogP contribution >= 0.6 is 0 Å². The fraction of sp³-hybridized carbons (Fsp3) is 0.905. The molecule has 2 fully saturated rings. The maximum Gasteiger partial charge on any atom is 0.307 e. The van der Waals surface area contributed by atoms with Gasteiger partial charge in [-0.05, 0) is 31.1 Å². The summed E-state index contributed by atoms with van der Waals surface area (Å²) < 4.78 is 5.67. The summed E-state index contributed by atoms with van der Waals surface area (Å²) in [4.78, 5) is 12.1. The first kappa shape index (κ1) is 19.3. The fourth-order valence-electron chi connectivity index (χ4n) is 4.56. The van der Waals surface area contributed by atoms with Gasteiger partial charge in [-0.15, -0.1) is 0 Å². The van der Waals surface area contributed by atoms with Gasteiger partial charge in [-0.1, -0.05) is 64.7 Å². The largest absolute Gasteiger partial charge is 0.444 e. The van der Waals surface area contributed by atoms with E-state index in [1.165, 1.54) is 51.4 Å². The Bertz CT molecular complexity index is 412. The average molecular weight is 334 g/mol. The molecule has 0 aliphatic heterocycles. The van der Waals surface area contributed by atoms with Gasteiger partial charge in [-0.2, -0.15) is 5.26 Å². The molecule has 3 nitrogen and oxygen atoms in total. The third-order valence-electron chi connectivity index (χ3n) is 6.15. The summed E-state index contributed by atoms with van der Waals surface area (Å²) in [6, 6.07) is 2.34. The van der Waals surface area contributed by atoms with Crippen LogP contribution in [0.25, 0.3) is 0 Å². The van der Waals surface area contributed by atoms with Crippen molar-refractivity contribution in [2.24, 2.45) is 11.8 Å². The first-order valence-corrected chi connectivity index (χ1v) is 10.3. The van der Waals surface area contributed by atoms with E-state index in [0.29, 0.717) is 6.42 Å². The lowest BCUT2D eigenvalue weighted by molar-refractivity contribution is -0.158. The number of carbonyl (C=O) groups is 1. The monoisotopic (exact) mass is 333 g/mol. The highest BCUT2D eigenvalue weighted by Gasteiger charge is 2.40. The van der Waals surface area contributed by atoms with Gasteiger partial charge in [0.1, 0.15) is 6.07 Å². The molecule has 24 heavy (non-hydrogen) atoms. The van der Waals surface area contributed by atoms with Crippen molar-refractivity contribution in [2.45, 2.75) is 109 Å². The Morgan fingerprint density at radius 3 is 2.25 bits per heavy atom. The molecule has 0 saturated heterocycles. The van der Waals surface area contributed by atoms with Crippen molar-refractivity contribution in [1.82, 2.24) is 0 Å². The van der Waals surface area contributed by atoms with Gasteiger partial charge in [0.25, 0.3) is 0 Å². The Labute approximate surface area is 148 Å². The minimum Gasteiger partial charge on any atom is -0.444 e. The number of ether oxygens (including phenoxy) is 1. The highest BCUT2D eigenvalue weighted by molar-refractivity contribution is 5.70. The van der Waals surface area contributed by atoms with E-state index in [2.05, 4.69) is 13.0 Å². The normalized spacial score (nSPS) is 28.2. The van der Waals surface area contributed by atoms with Crippen molar-refractivity contribution in [3.05, 3.63) is 0 Å². The minimum atomic E-state index is -0.828. The third-order valence-corrected chi connectivity index (χ3v) is 6.15. The van der Waals surface area contributed by atoms with E-state index in [1.807, 2.05) is 0 Å². The van der Waals surface area contributed by atoms with Crippen LogP contribution in [0.2, 0.25) is 0 Å². The Morgan fingerprint density at radius 2 is 1.62 bits per heavy atom. The van der Waals surface area contributed by atoms with E-state index in [9.17, 15) is 10.1 Å². The number of hydrogen-bond donors (Lipinski definition) is 0. The highest BCUT2D eigenvalue weighted by Crippen LogP contribution is 2.42. The van der Waals surface area contributed by atoms with Crippen LogP contribution in [0, 0.1) is 23.2 Å². The van der Waals surface area contributed by atoms with Gasteiger partial charge in [0.15, 0.2) is 5.60 Å². The molecule has 2 rings (SSSR count). The van der Waals surface area contributed by atoms with Crippen LogP contribution in [0.1, 0.15) is 103 Å². The average Bonchev–Trinajstić information content (AvgIpc) is 2.63. The lowest BCUT2D eigenvalue weighted by Gasteiger charge is -2.39. The molecule has 0 N–H and O–H groups in total. The lowest BCUT2D eigenvalue weighted by atomic mass is 9.70. The molecule has 0 spiro atoms. The van der Waals surface area contributed by atoms with E-state index in [0.717, 1.165) is 50.4 Å². The molecular weight excluding hydrogens is 298 g/mol. The first-order valence-electron chi connectivity index (χ1n) is 10.3. The summed E-state index contributed by atoms with van der Waals surface area (Å²) in [5.41, 5.74) is -0.828. The van der Waals surface area contributed by atoms with Crippen LogP contribution in [-0.2, 0) is 9.53 Å². The Hall–Kier alpha value is -1.04. The van der Waals surface area contributed by atoms with E-state index < -0.39 is 5.60 Å². The highest BCUT2D eigenvalue weighted by atomic mass is 16.6. The molecule has 0 unspecified atom stereocenters. The van der Waals surface area contributed by atoms with Crippen molar-refractivity contribution >= 4 is 5.97 Å². The molecule has 0 atom stereocenters. The second kappa shape index (κ2) is 10.1. The number of esters is 1. The van der Waals surface area contributed by atoms with Crippen LogP contribution in [0.4, 0.5) is 0 Å². The standard InChI is InChI=1S/C21H35NO2/c1-2-3-4-5-9-12-20(23)24-21(17-22)15-13-19(14-16-21)18-10-7-6-8-11-18/h18-19H,2-16H2,1H3. The minimum absolute atomic E-state index is 0.163. The van der Waals surface area contributed by atoms with Crippen LogP contribution in [0.5, 0.6) is 0 Å². The van der Waals surface area contributed by atoms with E-state index in [-0.39, 0.29) is 5.97 Å². The second-order valence-corrected chi connectivity index (χ2v) is 7.98. The number of nitrogens with zero attached hydrogens (tertiary/aromatic N) is 1. The van der Waals surface area contributed by atoms with Gasteiger partial charge in [-0.3, -0.25) is 4.79 Å². The molecule has 0 radical (unpaired) electrons. The van der Waals surface area contributed by atoms with Gasteiger partial charge in [0.2, 0.25) is 0 Å². The summed E-state index contributed by atoms with van der Waals surface area (Å²) in [7, 11) is 0. The fourth-order valence-corrected chi connectivity index (χ4v) is 4.56. The van der Waals surface area contributed by atoms with Gasteiger partial charge in [0.05, 0.1) is 0 Å². The van der Waals surface area contributed by atoms with Crippen LogP contribution in [0.3, 0.4) is 0 Å². The third kappa shape index (κ3) is 5.80. The molecule has 0 aromatic heterocycles. The van der Waals surface area contributed by atoms with Crippen molar-refractivity contribution in [2.75, 3.05) is 0 Å². The summed E-state index contributed by atoms with van der Waals surface area (Å²) in [5.74, 6) is 1.44. The Morgan fingerprint density at radius 1 is 1.00 bits per heavy atom. The molecule has 2 aliphatic rings. The van der Waals surface area contributed by atoms with Crippen LogP contribution < -0.4 is 0 Å². The first-order chi connectivity index (χ1) is 11.7. The van der Waals surface area contributed by atoms with Crippen molar-refractivity contribution < 1.29 is 9.53 Å². The van der Waals surface area contributed by atoms with E-state index >= 15 is 0 Å². The molecule has 2 saturated carbocycles. The van der Waals surface area contributed by atoms with Crippen LogP contribution in [-0.4, -0.2) is 11.6 Å². The summed E-state index contributed by atoms with van der Waals surface area (Å²) in [6.45, 7) is 2.19. The summed E-state index contributed by atoms with van der Waals surface area (Å²) in [6.07, 6.45) is 16.6. The van der Waals surface area contributed by atoms with Crippen molar-refractivity contribution in [1.29, 1.82) is 5.26 Å². The van der Waals surface area contributed by atoms with Crippen molar-refractivity contribution in [3.63, 3.8) is 0 Å². The van der Waals surface area contributed by atoms with Gasteiger partial charge >= 0.3 is 5.97 Å². The Kier molecular flexibility index (Phi) is 8.09. The summed E-state index contributed by atoms with van der Waals surface area (Å²) in [5, 5.41) is 9.60. The SMILES string of the molecule is CCCCCCCC(=O)OC1(C#N)CCC(C2CCCCC2)CC1. The molecule has 0 aromatic carbocycles. The molecule has 0 heterocycles. The molecule has 3 heteroatoms. The number of carbonyl (C=O) groups excluding carboxylic acids is 1. The summed E-state index contributed by atoms with van der Waals surface area (Å²) >= 11 is 0. The van der Waals surface area contributed by atoms with E-state index in [4.69, 9.17) is 4.74 Å². The zero-order valence-corrected chi connectivity index (χ0v) is 15.5. The molecule has 0 bridgehead atoms. The number of nitriles is 1. The molecular formula is C21H35NO2. The number of unbranched alkanes of at least 4 members (excludes halogenated alkanes) is 4. The van der Waals surface area contributed by atoms with Gasteiger partial charge < -0.3 is 4.74 Å². The zero-order chi connectivity index (χ0) is 17.3. The van der Waals surface area contributed by atoms with Crippen molar-refractivity contribution in [3.8, 4) is 6.07 Å². The topological polar surface area (TPSA) is 50.1 Å². The molecule has 136 valence electrons. The van der Waals surface area contributed by atoms with E-state index in [1.54, 1.807) is 0 Å². The molecule has 0 aromatic rings. The Balaban J connectivity index is 1.72. The maximum absolute atomic E-state index is 12.1. The molecule has 2 aliphatic carbocycles. The van der Waals surface area contributed by atoms with Gasteiger partial charge in [0, 0.05) is 19.3 Å². The van der Waals surface area contributed by atoms with Gasteiger partial charge in [-0.25, -0.2) is 0 Å². The smallest absolute Gasteiger partial charge is 0.307 e. The predicted octanol–water partition coefficient (Wildman–Crippen LogP) is 5.92. The second-order valence-electron chi connectivity index (χ2n) is 7.98. The number of hydrogen-bond acceptors (Lipinski definition) is 3. The number of rotatable bonds is 8. The maximum atomic E-state index is 12.1. The quantitative estimate of drug-likeness (QED) is 0.409. The zero-order valence-electron chi connectivity index (χ0n) is 15.5. The lowest BCUT2D eigenvalue weighted by Crippen LogP contribution is -2.39.